The summed E-state index contributed by atoms with van der Waals surface area (Å²) in [4.78, 5) is 6.94. The van der Waals surface area contributed by atoms with Crippen molar-refractivity contribution < 1.29 is 4.74 Å². The molecule has 0 aliphatic carbocycles. The summed E-state index contributed by atoms with van der Waals surface area (Å²) in [6, 6.07) is 25.4. The average Bonchev–Trinajstić information content (AvgIpc) is 3.63. The van der Waals surface area contributed by atoms with E-state index in [0.717, 1.165) is 70.8 Å². The van der Waals surface area contributed by atoms with Gasteiger partial charge in [0.1, 0.15) is 5.75 Å². The summed E-state index contributed by atoms with van der Waals surface area (Å²) in [7, 11) is 1.70. The number of aryl methyl sites for hydroxylation is 1. The van der Waals surface area contributed by atoms with E-state index in [1.54, 1.807) is 18.9 Å². The average molecular weight is 674 g/mol. The first-order chi connectivity index (χ1) is 19.9. The monoisotopic (exact) mass is 675 g/mol. The molecule has 5 rings (SSSR count). The minimum atomic E-state index is -2.57. The summed E-state index contributed by atoms with van der Waals surface area (Å²) in [6.07, 6.45) is 3.13. The van der Waals surface area contributed by atoms with Gasteiger partial charge < -0.3 is 4.74 Å². The standard InChI is InChI=1S/C28H28N7OS.3CH3.Sn/c1-3-4-12-26-29-32-28(37-19-21-8-7-9-23(17-21)36-2)35(26)18-20-13-15-22(16-14-20)24-10-5-6-11-25(24)27-30-33-34-31-27;;;;/h5-11,13-17H,3-4,12,18-19H2,1-2H3;3*1H3;/q-1;;;;+1. The number of tetrazole rings is 1. The zero-order valence-electron chi connectivity index (χ0n) is 24.4. The molecule has 0 bridgehead atoms. The zero-order chi connectivity index (χ0) is 28.8. The van der Waals surface area contributed by atoms with Gasteiger partial charge in [0, 0.05) is 5.75 Å². The Hall–Kier alpha value is -3.18. The molecule has 0 fully saturated rings. The first-order valence-corrected chi connectivity index (χ1v) is 24.8. The number of thioether (sulfide) groups is 1. The molecular weight excluding hydrogens is 637 g/mol. The molecule has 8 nitrogen and oxygen atoms in total. The van der Waals surface area contributed by atoms with Crippen molar-refractivity contribution in [1.29, 1.82) is 0 Å². The van der Waals surface area contributed by atoms with E-state index in [-0.39, 0.29) is 0 Å². The Balaban J connectivity index is 1.39. The van der Waals surface area contributed by atoms with Crippen LogP contribution in [0.3, 0.4) is 0 Å². The second-order valence-corrected chi connectivity index (χ2v) is 25.6. The molecule has 2 aromatic heterocycles. The van der Waals surface area contributed by atoms with Gasteiger partial charge in [-0.15, -0.1) is 0 Å². The minimum absolute atomic E-state index is 0.727. The molecule has 0 aliphatic rings. The van der Waals surface area contributed by atoms with Gasteiger partial charge in [-0.05, 0) is 24.1 Å². The summed E-state index contributed by atoms with van der Waals surface area (Å²) in [5.41, 5.74) is 5.75. The number of unbranched alkanes of at least 4 members (excludes halogenated alkanes) is 1. The van der Waals surface area contributed by atoms with Crippen molar-refractivity contribution in [2.24, 2.45) is 0 Å². The number of benzene rings is 3. The van der Waals surface area contributed by atoms with Crippen molar-refractivity contribution in [2.75, 3.05) is 7.11 Å². The molecule has 0 N–H and O–H groups in total. The molecule has 0 saturated carbocycles. The van der Waals surface area contributed by atoms with Crippen molar-refractivity contribution in [3.05, 3.63) is 89.7 Å². The molecular formula is C31H37N7OSSn. The Kier molecular flexibility index (Phi) is 9.44. The molecule has 0 unspecified atom stereocenters. The number of nitrogens with zero attached hydrogens (tertiary/aromatic N) is 7. The first-order valence-electron chi connectivity index (χ1n) is 14.0. The van der Waals surface area contributed by atoms with Crippen LogP contribution >= 0.6 is 11.8 Å². The number of ether oxygens (including phenoxy) is 1. The topological polar surface area (TPSA) is 83.5 Å². The molecule has 0 spiro atoms. The van der Waals surface area contributed by atoms with E-state index in [4.69, 9.17) is 4.74 Å². The third-order valence-electron chi connectivity index (χ3n) is 6.93. The van der Waals surface area contributed by atoms with Crippen LogP contribution in [-0.2, 0) is 18.7 Å². The molecule has 0 atom stereocenters. The predicted octanol–water partition coefficient (Wildman–Crippen LogP) is 6.97. The van der Waals surface area contributed by atoms with E-state index in [1.165, 1.54) is 11.1 Å². The van der Waals surface area contributed by atoms with Crippen molar-refractivity contribution in [3.63, 3.8) is 0 Å². The zero-order valence-corrected chi connectivity index (χ0v) is 28.1. The van der Waals surface area contributed by atoms with Gasteiger partial charge in [-0.2, -0.15) is 0 Å². The summed E-state index contributed by atoms with van der Waals surface area (Å²) in [6.45, 7) is 2.93. The van der Waals surface area contributed by atoms with Gasteiger partial charge in [0.2, 0.25) is 0 Å². The number of rotatable bonds is 12. The van der Waals surface area contributed by atoms with Crippen molar-refractivity contribution in [2.45, 2.75) is 58.5 Å². The third kappa shape index (κ3) is 7.01. The second-order valence-electron chi connectivity index (χ2n) is 11.1. The maximum atomic E-state index is 5.40. The van der Waals surface area contributed by atoms with Gasteiger partial charge in [0.25, 0.3) is 0 Å². The summed E-state index contributed by atoms with van der Waals surface area (Å²) >= 11 is -0.851. The predicted molar refractivity (Wildman–Crippen MR) is 168 cm³/mol. The SMILES string of the molecule is CCCCc1nnc(SCc2cccc(OC)c2)n1Cc1ccc(-c2ccccc2-c2nnn[n]2[Sn]([CH3])([CH3])[CH3])cc1. The fourth-order valence-corrected chi connectivity index (χ4v) is 8.79. The fourth-order valence-electron chi connectivity index (χ4n) is 4.72. The molecule has 2 heterocycles. The number of methoxy groups -OCH3 is 1. The fraction of sp³-hybridized carbons (Fsp3) is 0.323. The third-order valence-corrected chi connectivity index (χ3v) is 12.5. The van der Waals surface area contributed by atoms with E-state index in [2.05, 4.69) is 116 Å². The normalized spacial score (nSPS) is 11.6. The van der Waals surface area contributed by atoms with Crippen LogP contribution in [0.2, 0.25) is 14.8 Å². The van der Waals surface area contributed by atoms with Crippen LogP contribution in [0.25, 0.3) is 22.5 Å². The Labute approximate surface area is 250 Å². The van der Waals surface area contributed by atoms with E-state index < -0.39 is 18.7 Å². The Morgan fingerprint density at radius 1 is 0.854 bits per heavy atom. The van der Waals surface area contributed by atoms with Crippen molar-refractivity contribution in [3.8, 4) is 28.3 Å². The Morgan fingerprint density at radius 2 is 1.63 bits per heavy atom. The molecule has 0 amide bonds. The van der Waals surface area contributed by atoms with Crippen LogP contribution in [0.4, 0.5) is 0 Å². The molecule has 212 valence electrons. The molecule has 0 radical (unpaired) electrons. The van der Waals surface area contributed by atoms with Gasteiger partial charge in [0.05, 0.1) is 7.11 Å². The number of hydrogen-bond acceptors (Lipinski definition) is 7. The van der Waals surface area contributed by atoms with Crippen LogP contribution in [0, 0.1) is 0 Å². The van der Waals surface area contributed by atoms with Crippen LogP contribution in [0.15, 0.2) is 78.0 Å². The molecule has 0 aliphatic heterocycles. The second kappa shape index (κ2) is 13.2. The molecule has 41 heavy (non-hydrogen) atoms. The Morgan fingerprint density at radius 3 is 2.37 bits per heavy atom. The van der Waals surface area contributed by atoms with Gasteiger partial charge in [-0.25, -0.2) is 0 Å². The summed E-state index contributed by atoms with van der Waals surface area (Å²) < 4.78 is 9.76. The van der Waals surface area contributed by atoms with E-state index >= 15 is 0 Å². The molecule has 5 aromatic rings. The van der Waals surface area contributed by atoms with E-state index in [0.29, 0.717) is 0 Å². The van der Waals surface area contributed by atoms with Crippen LogP contribution in [-0.4, -0.2) is 59.0 Å². The van der Waals surface area contributed by atoms with Gasteiger partial charge in [-0.3, -0.25) is 0 Å². The maximum absolute atomic E-state index is 5.40. The van der Waals surface area contributed by atoms with E-state index in [1.807, 2.05) is 12.1 Å². The van der Waals surface area contributed by atoms with Gasteiger partial charge in [-0.1, -0.05) is 25.5 Å². The number of aromatic nitrogens is 7. The molecule has 3 aromatic carbocycles. The molecule has 10 heteroatoms. The first kappa shape index (κ1) is 29.3. The molecule has 0 saturated heterocycles. The van der Waals surface area contributed by atoms with Crippen LogP contribution in [0.5, 0.6) is 5.75 Å². The summed E-state index contributed by atoms with van der Waals surface area (Å²) in [5, 5.41) is 22.9. The Bertz CT molecular complexity index is 1590. The summed E-state index contributed by atoms with van der Waals surface area (Å²) in [5.74, 6) is 3.57. The number of hydrogen-bond donors (Lipinski definition) is 0. The van der Waals surface area contributed by atoms with Gasteiger partial charge >= 0.3 is 179 Å². The quantitative estimate of drug-likeness (QED) is 0.104. The van der Waals surface area contributed by atoms with E-state index in [9.17, 15) is 0 Å². The van der Waals surface area contributed by atoms with Crippen LogP contribution in [0.1, 0.15) is 36.7 Å². The van der Waals surface area contributed by atoms with Crippen molar-refractivity contribution >= 4 is 30.4 Å². The van der Waals surface area contributed by atoms with Gasteiger partial charge in [0.15, 0.2) is 0 Å². The van der Waals surface area contributed by atoms with Crippen molar-refractivity contribution in [1.82, 2.24) is 33.2 Å². The van der Waals surface area contributed by atoms with Crippen LogP contribution < -0.4 is 4.74 Å².